The lowest BCUT2D eigenvalue weighted by Crippen LogP contribution is -2.44. The minimum Gasteiger partial charge on any atom is -0.633 e. The quantitative estimate of drug-likeness (QED) is 0.270. The van der Waals surface area contributed by atoms with E-state index in [9.17, 15) is 5.21 Å². The lowest BCUT2D eigenvalue weighted by atomic mass is 9.93. The molecule has 0 amide bonds. The van der Waals surface area contributed by atoms with Gasteiger partial charge in [0.15, 0.2) is 5.75 Å². The zero-order chi connectivity index (χ0) is 28.1. The fourth-order valence-corrected chi connectivity index (χ4v) is 5.77. The maximum absolute atomic E-state index is 12.0. The van der Waals surface area contributed by atoms with Gasteiger partial charge in [0, 0.05) is 54.4 Å². The second-order valence-corrected chi connectivity index (χ2v) is 12.1. The summed E-state index contributed by atoms with van der Waals surface area (Å²) < 4.78 is 5.95. The predicted octanol–water partition coefficient (Wildman–Crippen LogP) is 5.22. The molecule has 4 heterocycles. The van der Waals surface area contributed by atoms with Crippen LogP contribution in [0.4, 0.5) is 5.95 Å². The van der Waals surface area contributed by atoms with E-state index < -0.39 is 0 Å². The maximum Gasteiger partial charge on any atom is 0.225 e. The van der Waals surface area contributed by atoms with Crippen LogP contribution in [0.25, 0.3) is 11.3 Å². The normalized spacial score (nSPS) is 17.3. The Morgan fingerprint density at radius 2 is 1.65 bits per heavy atom. The first-order chi connectivity index (χ1) is 19.2. The van der Waals surface area contributed by atoms with Crippen LogP contribution < -0.4 is 15.0 Å². The van der Waals surface area contributed by atoms with Gasteiger partial charge in [-0.15, -0.1) is 0 Å². The van der Waals surface area contributed by atoms with Crippen molar-refractivity contribution >= 4 is 29.2 Å². The van der Waals surface area contributed by atoms with Gasteiger partial charge in [0.25, 0.3) is 0 Å². The van der Waals surface area contributed by atoms with Crippen LogP contribution >= 0.6 is 23.2 Å². The summed E-state index contributed by atoms with van der Waals surface area (Å²) in [6.07, 6.45) is 6.57. The SMILES string of the molecule is C[N+](C)([O-])CCC1CCN(Cc2cc(Oc3cnc(N4CCNCC4)nc3)nc(-c3cc(Cl)cc(Cl)c3)c2)CC1. The van der Waals surface area contributed by atoms with Gasteiger partial charge >= 0.3 is 0 Å². The van der Waals surface area contributed by atoms with E-state index in [1.165, 1.54) is 0 Å². The molecule has 0 aliphatic carbocycles. The molecule has 0 bridgehead atoms. The Hall–Kier alpha value is -2.53. The number of pyridine rings is 1. The fraction of sp³-hybridized carbons (Fsp3) is 0.483. The largest absolute Gasteiger partial charge is 0.633 e. The Balaban J connectivity index is 1.32. The Morgan fingerprint density at radius 3 is 2.30 bits per heavy atom. The number of hydroxylamine groups is 3. The van der Waals surface area contributed by atoms with Crippen molar-refractivity contribution in [1.29, 1.82) is 0 Å². The highest BCUT2D eigenvalue weighted by Crippen LogP contribution is 2.31. The summed E-state index contributed by atoms with van der Waals surface area (Å²) >= 11 is 12.6. The van der Waals surface area contributed by atoms with Crippen molar-refractivity contribution in [2.75, 3.05) is 64.8 Å². The minimum atomic E-state index is -0.222. The molecule has 11 heteroatoms. The molecule has 2 aromatic heterocycles. The molecule has 1 aromatic carbocycles. The van der Waals surface area contributed by atoms with E-state index in [2.05, 4.69) is 31.2 Å². The molecule has 40 heavy (non-hydrogen) atoms. The van der Waals surface area contributed by atoms with Gasteiger partial charge in [0.05, 0.1) is 38.7 Å². The molecule has 0 unspecified atom stereocenters. The summed E-state index contributed by atoms with van der Waals surface area (Å²) in [5, 5.41) is 16.4. The molecule has 9 nitrogen and oxygen atoms in total. The Labute approximate surface area is 246 Å². The third-order valence-electron chi connectivity index (χ3n) is 7.45. The maximum atomic E-state index is 12.0. The molecule has 2 aliphatic heterocycles. The van der Waals surface area contributed by atoms with Gasteiger partial charge in [-0.1, -0.05) is 23.2 Å². The standard InChI is InChI=1S/C29H37Cl2N7O2/c1-38(2,39)12-5-21-3-8-36(9-4-21)20-22-13-27(23-15-24(30)17-25(31)16-23)35-28(14-22)40-26-18-33-29(34-19-26)37-10-6-32-7-11-37/h13-19,21,32H,3-12,20H2,1-2H3. The summed E-state index contributed by atoms with van der Waals surface area (Å²) in [4.78, 5) is 18.4. The van der Waals surface area contributed by atoms with Crippen LogP contribution in [0.2, 0.25) is 10.0 Å². The number of piperazine rings is 1. The number of nitrogens with zero attached hydrogens (tertiary/aromatic N) is 6. The lowest BCUT2D eigenvalue weighted by molar-refractivity contribution is -0.840. The molecule has 0 saturated carbocycles. The van der Waals surface area contributed by atoms with Crippen molar-refractivity contribution in [3.05, 3.63) is 63.5 Å². The van der Waals surface area contributed by atoms with Crippen molar-refractivity contribution in [3.63, 3.8) is 0 Å². The number of nitrogens with one attached hydrogen (secondary N) is 1. The molecule has 214 valence electrons. The highest BCUT2D eigenvalue weighted by molar-refractivity contribution is 6.35. The first-order valence-corrected chi connectivity index (χ1v) is 14.7. The van der Waals surface area contributed by atoms with Crippen LogP contribution in [0.1, 0.15) is 24.8 Å². The number of likely N-dealkylation sites (tertiary alicyclic amines) is 1. The topological polar surface area (TPSA) is 89.5 Å². The summed E-state index contributed by atoms with van der Waals surface area (Å²) in [6.45, 7) is 7.03. The molecule has 5 rings (SSSR count). The lowest BCUT2D eigenvalue weighted by Gasteiger charge is -2.37. The van der Waals surface area contributed by atoms with Crippen LogP contribution in [0, 0.1) is 11.1 Å². The smallest absolute Gasteiger partial charge is 0.225 e. The second kappa shape index (κ2) is 13.0. The average Bonchev–Trinajstić information content (AvgIpc) is 2.92. The number of ether oxygens (including phenoxy) is 1. The van der Waals surface area contributed by atoms with Gasteiger partial charge < -0.3 is 24.8 Å². The van der Waals surface area contributed by atoms with Crippen LogP contribution in [0.3, 0.4) is 0 Å². The fourth-order valence-electron chi connectivity index (χ4n) is 5.25. The number of piperidine rings is 1. The molecular formula is C29H37Cl2N7O2. The molecular weight excluding hydrogens is 549 g/mol. The first kappa shape index (κ1) is 29.0. The van der Waals surface area contributed by atoms with Gasteiger partial charge in [-0.05, 0) is 68.1 Å². The van der Waals surface area contributed by atoms with Gasteiger partial charge in [-0.2, -0.15) is 0 Å². The van der Waals surface area contributed by atoms with Gasteiger partial charge in [-0.3, -0.25) is 4.90 Å². The molecule has 2 saturated heterocycles. The molecule has 3 aromatic rings. The van der Waals surface area contributed by atoms with Gasteiger partial charge in [-0.25, -0.2) is 15.0 Å². The van der Waals surface area contributed by atoms with E-state index in [0.29, 0.717) is 40.1 Å². The number of hydrogen-bond donors (Lipinski definition) is 1. The number of halogens is 2. The third-order valence-corrected chi connectivity index (χ3v) is 7.88. The third kappa shape index (κ3) is 8.25. The number of benzene rings is 1. The highest BCUT2D eigenvalue weighted by atomic mass is 35.5. The molecule has 0 atom stereocenters. The van der Waals surface area contributed by atoms with Crippen molar-refractivity contribution in [1.82, 2.24) is 25.2 Å². The number of anilines is 1. The average molecular weight is 587 g/mol. The summed E-state index contributed by atoms with van der Waals surface area (Å²) in [6, 6.07) is 9.47. The van der Waals surface area contributed by atoms with E-state index in [0.717, 1.165) is 81.9 Å². The number of aromatic nitrogens is 3. The van der Waals surface area contributed by atoms with E-state index in [-0.39, 0.29) is 4.65 Å². The van der Waals surface area contributed by atoms with E-state index >= 15 is 0 Å². The number of hydrogen-bond acceptors (Lipinski definition) is 8. The molecule has 2 aliphatic rings. The van der Waals surface area contributed by atoms with Crippen LogP contribution in [-0.2, 0) is 6.54 Å². The number of rotatable bonds is 9. The summed E-state index contributed by atoms with van der Waals surface area (Å²) in [5.41, 5.74) is 2.65. The predicted molar refractivity (Wildman–Crippen MR) is 160 cm³/mol. The highest BCUT2D eigenvalue weighted by Gasteiger charge is 2.21. The minimum absolute atomic E-state index is 0.222. The zero-order valence-electron chi connectivity index (χ0n) is 23.2. The van der Waals surface area contributed by atoms with E-state index in [1.54, 1.807) is 32.6 Å². The van der Waals surface area contributed by atoms with Crippen molar-refractivity contribution in [2.45, 2.75) is 25.8 Å². The van der Waals surface area contributed by atoms with E-state index in [4.69, 9.17) is 32.9 Å². The van der Waals surface area contributed by atoms with Gasteiger partial charge in [0.2, 0.25) is 11.8 Å². The first-order valence-electron chi connectivity index (χ1n) is 13.9. The number of quaternary nitrogens is 1. The monoisotopic (exact) mass is 585 g/mol. The molecule has 1 N–H and O–H groups in total. The summed E-state index contributed by atoms with van der Waals surface area (Å²) in [5.74, 6) is 2.30. The molecule has 0 radical (unpaired) electrons. The van der Waals surface area contributed by atoms with Crippen LogP contribution in [0.15, 0.2) is 42.7 Å². The van der Waals surface area contributed by atoms with Gasteiger partial charge in [0.1, 0.15) is 0 Å². The Bertz CT molecular complexity index is 1250. The molecule has 0 spiro atoms. The van der Waals surface area contributed by atoms with Crippen molar-refractivity contribution in [2.24, 2.45) is 5.92 Å². The Kier molecular flexibility index (Phi) is 9.40. The zero-order valence-corrected chi connectivity index (χ0v) is 24.7. The Morgan fingerprint density at radius 1 is 0.975 bits per heavy atom. The summed E-state index contributed by atoms with van der Waals surface area (Å²) in [7, 11) is 3.44. The van der Waals surface area contributed by atoms with Crippen molar-refractivity contribution < 1.29 is 9.38 Å². The van der Waals surface area contributed by atoms with Crippen LogP contribution in [-0.4, -0.2) is 84.4 Å². The van der Waals surface area contributed by atoms with E-state index in [1.807, 2.05) is 18.2 Å². The second-order valence-electron chi connectivity index (χ2n) is 11.2. The molecule has 2 fully saturated rings. The van der Waals surface area contributed by atoms with Crippen LogP contribution in [0.5, 0.6) is 11.6 Å². The van der Waals surface area contributed by atoms with Crippen molar-refractivity contribution in [3.8, 4) is 22.9 Å².